The van der Waals surface area contributed by atoms with E-state index in [-0.39, 0.29) is 5.78 Å². The van der Waals surface area contributed by atoms with E-state index in [1.54, 1.807) is 6.20 Å². The number of hydrogen-bond acceptors (Lipinski definition) is 2. The van der Waals surface area contributed by atoms with Crippen molar-refractivity contribution in [3.05, 3.63) is 69.9 Å². The Hall–Kier alpha value is -2.48. The van der Waals surface area contributed by atoms with Crippen molar-refractivity contribution in [3.63, 3.8) is 0 Å². The number of pyridine rings is 1. The highest BCUT2D eigenvalue weighted by molar-refractivity contribution is 6.34. The standard InChI is InChI=1S/C16H9NO/c18-16-12-5-2-1-4-10(12)8-11-9-14-13(15(11)16)6-3-7-17-14/h1-9H. The fraction of sp³-hybridized carbons (Fsp3) is 0. The van der Waals surface area contributed by atoms with Crippen LogP contribution in [0, 0.1) is 0 Å². The first kappa shape index (κ1) is 9.54. The number of aromatic nitrogens is 1. The van der Waals surface area contributed by atoms with Gasteiger partial charge in [0.2, 0.25) is 0 Å². The summed E-state index contributed by atoms with van der Waals surface area (Å²) in [5.74, 6) is 0.103. The molecule has 0 radical (unpaired) electrons. The molecule has 0 atom stereocenters. The lowest BCUT2D eigenvalue weighted by Gasteiger charge is -2.14. The summed E-state index contributed by atoms with van der Waals surface area (Å²) < 4.78 is 0. The number of rotatable bonds is 0. The maximum atomic E-state index is 12.5. The maximum absolute atomic E-state index is 12.5. The molecular weight excluding hydrogens is 222 g/mol. The van der Waals surface area contributed by atoms with E-state index in [2.05, 4.69) is 11.1 Å². The Morgan fingerprint density at radius 3 is 2.78 bits per heavy atom. The van der Waals surface area contributed by atoms with Gasteiger partial charge in [-0.3, -0.25) is 9.78 Å². The van der Waals surface area contributed by atoms with Crippen LogP contribution >= 0.6 is 0 Å². The Labute approximate surface area is 104 Å². The second-order valence-corrected chi connectivity index (χ2v) is 4.47. The molecule has 2 nitrogen and oxygen atoms in total. The third-order valence-electron chi connectivity index (χ3n) is 3.43. The Balaban J connectivity index is 2.15. The summed E-state index contributed by atoms with van der Waals surface area (Å²) in [5.41, 5.74) is 3.54. The van der Waals surface area contributed by atoms with Crippen LogP contribution in [0.4, 0.5) is 0 Å². The molecule has 2 heteroatoms. The Morgan fingerprint density at radius 1 is 0.944 bits per heavy atom. The van der Waals surface area contributed by atoms with Gasteiger partial charge >= 0.3 is 0 Å². The van der Waals surface area contributed by atoms with Gasteiger partial charge in [0, 0.05) is 22.6 Å². The van der Waals surface area contributed by atoms with Crippen molar-refractivity contribution in [1.29, 1.82) is 0 Å². The molecule has 2 aromatic rings. The van der Waals surface area contributed by atoms with E-state index in [0.29, 0.717) is 0 Å². The molecule has 84 valence electrons. The van der Waals surface area contributed by atoms with Gasteiger partial charge in [-0.2, -0.15) is 0 Å². The van der Waals surface area contributed by atoms with Crippen LogP contribution in [0.3, 0.4) is 0 Å². The maximum Gasteiger partial charge on any atom is 0.194 e. The largest absolute Gasteiger partial charge is 0.289 e. The van der Waals surface area contributed by atoms with Crippen LogP contribution in [0.15, 0.2) is 48.2 Å². The molecular formula is C16H9NO. The lowest BCUT2D eigenvalue weighted by Crippen LogP contribution is -2.27. The van der Waals surface area contributed by atoms with E-state index in [1.807, 2.05) is 42.5 Å². The van der Waals surface area contributed by atoms with Gasteiger partial charge in [-0.05, 0) is 29.4 Å². The van der Waals surface area contributed by atoms with Gasteiger partial charge in [0.1, 0.15) is 0 Å². The number of Topliss-reactive ketones (excluding diaryl/α,β-unsaturated/α-hetero) is 1. The highest BCUT2D eigenvalue weighted by atomic mass is 16.1. The monoisotopic (exact) mass is 231 g/mol. The van der Waals surface area contributed by atoms with Gasteiger partial charge in [0.25, 0.3) is 0 Å². The van der Waals surface area contributed by atoms with Crippen LogP contribution in [0.1, 0.15) is 15.9 Å². The lowest BCUT2D eigenvalue weighted by atomic mass is 9.88. The third-order valence-corrected chi connectivity index (χ3v) is 3.43. The molecule has 0 unspecified atom stereocenters. The minimum Gasteiger partial charge on any atom is -0.289 e. The number of allylic oxidation sites excluding steroid dienone is 1. The normalized spacial score (nSPS) is 15.4. The highest BCUT2D eigenvalue weighted by Crippen LogP contribution is 2.29. The summed E-state index contributed by atoms with van der Waals surface area (Å²) in [6.45, 7) is 0. The van der Waals surface area contributed by atoms with Gasteiger partial charge in [-0.1, -0.05) is 30.3 Å². The van der Waals surface area contributed by atoms with Crippen molar-refractivity contribution in [2.45, 2.75) is 0 Å². The molecule has 1 aromatic heterocycles. The number of nitrogens with zero attached hydrogens (tertiary/aromatic N) is 1. The first-order chi connectivity index (χ1) is 8.84. The number of carbonyl (C=O) groups excluding carboxylic acids is 1. The summed E-state index contributed by atoms with van der Waals surface area (Å²) in [6.07, 6.45) is 5.80. The van der Waals surface area contributed by atoms with Gasteiger partial charge in [0.05, 0.1) is 5.35 Å². The molecule has 0 N–H and O–H groups in total. The minimum absolute atomic E-state index is 0.103. The average molecular weight is 231 g/mol. The van der Waals surface area contributed by atoms with Crippen LogP contribution in [0.2, 0.25) is 0 Å². The third kappa shape index (κ3) is 1.12. The molecule has 0 aliphatic heterocycles. The second-order valence-electron chi connectivity index (χ2n) is 4.47. The first-order valence-corrected chi connectivity index (χ1v) is 5.87. The average Bonchev–Trinajstić information content (AvgIpc) is 2.77. The summed E-state index contributed by atoms with van der Waals surface area (Å²) in [5, 5.41) is 1.84. The number of ketones is 1. The Bertz CT molecular complexity index is 843. The molecule has 0 bridgehead atoms. The van der Waals surface area contributed by atoms with Crippen molar-refractivity contribution in [2.24, 2.45) is 0 Å². The van der Waals surface area contributed by atoms with E-state index >= 15 is 0 Å². The minimum atomic E-state index is 0.103. The van der Waals surface area contributed by atoms with Crippen molar-refractivity contribution in [2.75, 3.05) is 0 Å². The molecule has 0 fully saturated rings. The molecule has 0 amide bonds. The van der Waals surface area contributed by atoms with Crippen molar-refractivity contribution >= 4 is 23.5 Å². The van der Waals surface area contributed by atoms with E-state index in [0.717, 1.165) is 32.8 Å². The summed E-state index contributed by atoms with van der Waals surface area (Å²) >= 11 is 0. The molecule has 2 aliphatic carbocycles. The summed E-state index contributed by atoms with van der Waals surface area (Å²) in [4.78, 5) is 16.8. The van der Waals surface area contributed by atoms with Gasteiger partial charge in [0.15, 0.2) is 5.78 Å². The predicted molar refractivity (Wildman–Crippen MR) is 70.1 cm³/mol. The predicted octanol–water partition coefficient (Wildman–Crippen LogP) is 1.31. The molecule has 18 heavy (non-hydrogen) atoms. The highest BCUT2D eigenvalue weighted by Gasteiger charge is 2.25. The number of hydrogen-bond donors (Lipinski definition) is 0. The van der Waals surface area contributed by atoms with Gasteiger partial charge in [-0.25, -0.2) is 0 Å². The first-order valence-electron chi connectivity index (χ1n) is 5.87. The van der Waals surface area contributed by atoms with Crippen LogP contribution in [-0.4, -0.2) is 10.8 Å². The van der Waals surface area contributed by atoms with Crippen molar-refractivity contribution < 1.29 is 4.79 Å². The van der Waals surface area contributed by atoms with Crippen LogP contribution < -0.4 is 10.6 Å². The molecule has 0 saturated carbocycles. The lowest BCUT2D eigenvalue weighted by molar-refractivity contribution is 0.105. The van der Waals surface area contributed by atoms with E-state index in [4.69, 9.17) is 0 Å². The van der Waals surface area contributed by atoms with Gasteiger partial charge < -0.3 is 0 Å². The zero-order chi connectivity index (χ0) is 12.1. The van der Waals surface area contributed by atoms with Crippen LogP contribution in [0.5, 0.6) is 0 Å². The Kier molecular flexibility index (Phi) is 1.73. The number of fused-ring (bicyclic) bond motifs is 3. The van der Waals surface area contributed by atoms with Crippen LogP contribution in [0.25, 0.3) is 17.7 Å². The molecule has 4 rings (SSSR count). The quantitative estimate of drug-likeness (QED) is 0.684. The second kappa shape index (κ2) is 3.26. The SMILES string of the molecule is O=C1C2=c3cccnc3=CC2=Cc2ccccc21. The fourth-order valence-electron chi connectivity index (χ4n) is 2.62. The topological polar surface area (TPSA) is 30.0 Å². The Morgan fingerprint density at radius 2 is 1.83 bits per heavy atom. The van der Waals surface area contributed by atoms with Crippen LogP contribution in [-0.2, 0) is 0 Å². The zero-order valence-electron chi connectivity index (χ0n) is 9.55. The zero-order valence-corrected chi connectivity index (χ0v) is 9.55. The van der Waals surface area contributed by atoms with Gasteiger partial charge in [-0.15, -0.1) is 0 Å². The molecule has 0 spiro atoms. The molecule has 2 aliphatic rings. The van der Waals surface area contributed by atoms with E-state index < -0.39 is 0 Å². The molecule has 1 aromatic carbocycles. The molecule has 0 saturated heterocycles. The molecule has 1 heterocycles. The van der Waals surface area contributed by atoms with E-state index in [1.165, 1.54) is 0 Å². The number of benzene rings is 1. The number of carbonyl (C=O) groups is 1. The van der Waals surface area contributed by atoms with Crippen molar-refractivity contribution in [3.8, 4) is 0 Å². The summed E-state index contributed by atoms with van der Waals surface area (Å²) in [7, 11) is 0. The smallest absolute Gasteiger partial charge is 0.194 e. The fourth-order valence-corrected chi connectivity index (χ4v) is 2.62. The summed E-state index contributed by atoms with van der Waals surface area (Å²) in [6, 6.07) is 11.5. The van der Waals surface area contributed by atoms with E-state index in [9.17, 15) is 4.79 Å². The van der Waals surface area contributed by atoms with Crippen molar-refractivity contribution in [1.82, 2.24) is 4.98 Å².